The maximum Gasteiger partial charge on any atom is 0.346 e. The summed E-state index contributed by atoms with van der Waals surface area (Å²) in [5.41, 5.74) is 0.270. The zero-order chi connectivity index (χ0) is 18.1. The van der Waals surface area contributed by atoms with Gasteiger partial charge in [-0.05, 0) is 56.6 Å². The van der Waals surface area contributed by atoms with Gasteiger partial charge in [-0.1, -0.05) is 12.5 Å². The lowest BCUT2D eigenvalue weighted by molar-refractivity contribution is -0.132. The number of benzene rings is 1. The Morgan fingerprint density at radius 2 is 2.04 bits per heavy atom. The molecule has 2 rings (SSSR count). The maximum atomic E-state index is 11.0. The third-order valence-electron chi connectivity index (χ3n) is 4.04. The van der Waals surface area contributed by atoms with Gasteiger partial charge in [0.15, 0.2) is 11.5 Å². The number of likely N-dealkylation sites (tertiary alicyclic amines) is 1. The van der Waals surface area contributed by atoms with Crippen LogP contribution in [0, 0.1) is 11.3 Å². The first-order valence-corrected chi connectivity index (χ1v) is 8.61. The number of aliphatic carboxylic acids is 1. The zero-order valence-corrected chi connectivity index (χ0v) is 14.5. The average molecular weight is 344 g/mol. The van der Waals surface area contributed by atoms with Crippen molar-refractivity contribution in [1.29, 1.82) is 5.26 Å². The molecule has 1 fully saturated rings. The summed E-state index contributed by atoms with van der Waals surface area (Å²) >= 11 is 0. The van der Waals surface area contributed by atoms with Gasteiger partial charge in [-0.25, -0.2) is 4.79 Å². The summed E-state index contributed by atoms with van der Waals surface area (Å²) in [6, 6.07) is 6.84. The van der Waals surface area contributed by atoms with Crippen molar-refractivity contribution >= 4 is 12.0 Å². The fourth-order valence-corrected chi connectivity index (χ4v) is 2.78. The van der Waals surface area contributed by atoms with Crippen LogP contribution in [0.4, 0.5) is 0 Å². The molecular formula is C19H24N2O4. The number of piperidine rings is 1. The van der Waals surface area contributed by atoms with E-state index in [0.29, 0.717) is 30.3 Å². The van der Waals surface area contributed by atoms with Crippen molar-refractivity contribution in [3.63, 3.8) is 0 Å². The van der Waals surface area contributed by atoms with E-state index >= 15 is 0 Å². The van der Waals surface area contributed by atoms with Crippen LogP contribution in [0.2, 0.25) is 0 Å². The summed E-state index contributed by atoms with van der Waals surface area (Å²) in [5, 5.41) is 17.8. The largest absolute Gasteiger partial charge is 0.490 e. The standard InChI is InChI=1S/C19H24N2O4/c1-2-24-18-13-15(12-16(14-20)19(22)23)6-7-17(18)25-11-10-21-8-4-3-5-9-21/h6-7,12-13H,2-5,8-11H2,1H3,(H,22,23). The number of hydrogen-bond acceptors (Lipinski definition) is 5. The minimum atomic E-state index is -1.25. The summed E-state index contributed by atoms with van der Waals surface area (Å²) in [7, 11) is 0. The SMILES string of the molecule is CCOc1cc(C=C(C#N)C(=O)O)ccc1OCCN1CCCCC1. The highest BCUT2D eigenvalue weighted by atomic mass is 16.5. The molecule has 25 heavy (non-hydrogen) atoms. The predicted molar refractivity (Wildman–Crippen MR) is 94.6 cm³/mol. The van der Waals surface area contributed by atoms with Gasteiger partial charge in [0, 0.05) is 6.54 Å². The summed E-state index contributed by atoms with van der Waals surface area (Å²) < 4.78 is 11.5. The predicted octanol–water partition coefficient (Wildman–Crippen LogP) is 2.94. The van der Waals surface area contributed by atoms with E-state index in [1.165, 1.54) is 25.3 Å². The number of nitriles is 1. The Bertz CT molecular complexity index is 658. The van der Waals surface area contributed by atoms with Crippen molar-refractivity contribution in [2.24, 2.45) is 0 Å². The number of rotatable bonds is 8. The molecule has 0 unspecified atom stereocenters. The number of carboxylic acids is 1. The number of hydrogen-bond donors (Lipinski definition) is 1. The Morgan fingerprint density at radius 1 is 1.28 bits per heavy atom. The van der Waals surface area contributed by atoms with Gasteiger partial charge in [-0.3, -0.25) is 4.90 Å². The lowest BCUT2D eigenvalue weighted by atomic mass is 10.1. The second kappa shape index (κ2) is 9.70. The van der Waals surface area contributed by atoms with Crippen LogP contribution in [-0.2, 0) is 4.79 Å². The Balaban J connectivity index is 2.04. The van der Waals surface area contributed by atoms with Crippen LogP contribution in [0.1, 0.15) is 31.7 Å². The minimum Gasteiger partial charge on any atom is -0.490 e. The highest BCUT2D eigenvalue weighted by molar-refractivity contribution is 5.96. The number of ether oxygens (including phenoxy) is 2. The molecule has 6 heteroatoms. The molecule has 0 bridgehead atoms. The average Bonchev–Trinajstić information content (AvgIpc) is 2.62. The lowest BCUT2D eigenvalue weighted by Gasteiger charge is -2.26. The van der Waals surface area contributed by atoms with Gasteiger partial charge in [0.05, 0.1) is 6.61 Å². The van der Waals surface area contributed by atoms with Crippen LogP contribution >= 0.6 is 0 Å². The van der Waals surface area contributed by atoms with Crippen LogP contribution in [0.25, 0.3) is 6.08 Å². The highest BCUT2D eigenvalue weighted by Crippen LogP contribution is 2.29. The van der Waals surface area contributed by atoms with Crippen molar-refractivity contribution < 1.29 is 19.4 Å². The molecule has 1 aromatic carbocycles. The molecule has 1 aliphatic heterocycles. The van der Waals surface area contributed by atoms with Gasteiger partial charge >= 0.3 is 5.97 Å². The molecule has 0 spiro atoms. The summed E-state index contributed by atoms with van der Waals surface area (Å²) in [6.45, 7) is 6.05. The molecule has 1 aliphatic rings. The molecule has 0 radical (unpaired) electrons. The van der Waals surface area contributed by atoms with Gasteiger partial charge in [-0.15, -0.1) is 0 Å². The molecule has 6 nitrogen and oxygen atoms in total. The van der Waals surface area contributed by atoms with Crippen LogP contribution in [0.15, 0.2) is 23.8 Å². The smallest absolute Gasteiger partial charge is 0.346 e. The molecule has 0 aliphatic carbocycles. The Kier molecular flexibility index (Phi) is 7.30. The monoisotopic (exact) mass is 344 g/mol. The van der Waals surface area contributed by atoms with Gasteiger partial charge in [0.2, 0.25) is 0 Å². The second-order valence-electron chi connectivity index (χ2n) is 5.86. The molecule has 134 valence electrons. The fraction of sp³-hybridized carbons (Fsp3) is 0.474. The van der Waals surface area contributed by atoms with Crippen molar-refractivity contribution in [3.8, 4) is 17.6 Å². The molecule has 0 aromatic heterocycles. The third-order valence-corrected chi connectivity index (χ3v) is 4.04. The molecule has 0 saturated carbocycles. The van der Waals surface area contributed by atoms with E-state index in [2.05, 4.69) is 4.90 Å². The number of carboxylic acid groups (broad SMARTS) is 1. The Labute approximate surface area is 148 Å². The normalized spacial score (nSPS) is 15.4. The maximum absolute atomic E-state index is 11.0. The van der Waals surface area contributed by atoms with E-state index in [1.807, 2.05) is 6.92 Å². The Morgan fingerprint density at radius 3 is 2.68 bits per heavy atom. The minimum absolute atomic E-state index is 0.318. The van der Waals surface area contributed by atoms with Crippen molar-refractivity contribution in [3.05, 3.63) is 29.3 Å². The quantitative estimate of drug-likeness (QED) is 0.577. The van der Waals surface area contributed by atoms with Gasteiger partial charge in [-0.2, -0.15) is 5.26 Å². The summed E-state index contributed by atoms with van der Waals surface area (Å²) in [4.78, 5) is 13.3. The molecule has 0 amide bonds. The summed E-state index contributed by atoms with van der Waals surface area (Å²) in [6.07, 6.45) is 5.12. The first-order chi connectivity index (χ1) is 12.1. The first-order valence-electron chi connectivity index (χ1n) is 8.61. The summed E-state index contributed by atoms with van der Waals surface area (Å²) in [5.74, 6) is -0.0651. The third kappa shape index (κ3) is 5.80. The molecule has 1 heterocycles. The zero-order valence-electron chi connectivity index (χ0n) is 14.5. The van der Waals surface area contributed by atoms with Gasteiger partial charge < -0.3 is 14.6 Å². The Hall–Kier alpha value is -2.52. The molecule has 1 aromatic rings. The van der Waals surface area contributed by atoms with Crippen LogP contribution in [0.3, 0.4) is 0 Å². The number of nitrogens with zero attached hydrogens (tertiary/aromatic N) is 2. The van der Waals surface area contributed by atoms with Crippen molar-refractivity contribution in [2.45, 2.75) is 26.2 Å². The van der Waals surface area contributed by atoms with E-state index < -0.39 is 5.97 Å². The number of carbonyl (C=O) groups is 1. The molecule has 1 N–H and O–H groups in total. The molecular weight excluding hydrogens is 320 g/mol. The van der Waals surface area contributed by atoms with Crippen molar-refractivity contribution in [2.75, 3.05) is 32.8 Å². The lowest BCUT2D eigenvalue weighted by Crippen LogP contribution is -2.33. The van der Waals surface area contributed by atoms with E-state index in [-0.39, 0.29) is 5.57 Å². The van der Waals surface area contributed by atoms with E-state index in [9.17, 15) is 4.79 Å². The van der Waals surface area contributed by atoms with E-state index in [0.717, 1.165) is 19.6 Å². The van der Waals surface area contributed by atoms with Crippen molar-refractivity contribution in [1.82, 2.24) is 4.90 Å². The second-order valence-corrected chi connectivity index (χ2v) is 5.86. The fourth-order valence-electron chi connectivity index (χ4n) is 2.78. The van der Waals surface area contributed by atoms with Crippen LogP contribution in [-0.4, -0.2) is 48.8 Å². The van der Waals surface area contributed by atoms with Crippen LogP contribution in [0.5, 0.6) is 11.5 Å². The van der Waals surface area contributed by atoms with Gasteiger partial charge in [0.25, 0.3) is 0 Å². The molecule has 0 atom stereocenters. The van der Waals surface area contributed by atoms with E-state index in [1.54, 1.807) is 24.3 Å². The van der Waals surface area contributed by atoms with Crippen LogP contribution < -0.4 is 9.47 Å². The van der Waals surface area contributed by atoms with E-state index in [4.69, 9.17) is 19.8 Å². The first kappa shape index (κ1) is 18.8. The topological polar surface area (TPSA) is 82.8 Å². The molecule has 1 saturated heterocycles. The van der Waals surface area contributed by atoms with Gasteiger partial charge in [0.1, 0.15) is 18.2 Å². The highest BCUT2D eigenvalue weighted by Gasteiger charge is 2.12.